The summed E-state index contributed by atoms with van der Waals surface area (Å²) in [5, 5.41) is 1.34. The van der Waals surface area contributed by atoms with Gasteiger partial charge in [-0.25, -0.2) is 0 Å². The Hall–Kier alpha value is -5.06. The first-order valence-electron chi connectivity index (χ1n) is 25.0. The maximum Gasteiger partial charge on any atom is 0.264 e. The Morgan fingerprint density at radius 2 is 0.985 bits per heavy atom. The maximum atomic E-state index is 2.71. The van der Waals surface area contributed by atoms with Gasteiger partial charge in [-0.1, -0.05) is 165 Å². The molecule has 0 spiro atoms. The van der Waals surface area contributed by atoms with Crippen molar-refractivity contribution in [1.29, 1.82) is 0 Å². The molecule has 6 aromatic carbocycles. The van der Waals surface area contributed by atoms with Gasteiger partial charge in [0.15, 0.2) is 0 Å². The first-order valence-corrected chi connectivity index (χ1v) is 25.8. The molecule has 0 saturated carbocycles. The second-order valence-electron chi connectivity index (χ2n) is 25.9. The molecule has 0 unspecified atom stereocenters. The van der Waals surface area contributed by atoms with Crippen molar-refractivity contribution in [1.82, 2.24) is 0 Å². The molecule has 0 radical (unpaired) electrons. The van der Waals surface area contributed by atoms with Gasteiger partial charge in [0, 0.05) is 43.2 Å². The van der Waals surface area contributed by atoms with E-state index in [0.29, 0.717) is 0 Å². The molecule has 1 aliphatic carbocycles. The van der Waals surface area contributed by atoms with Gasteiger partial charge in [-0.15, -0.1) is 11.3 Å². The minimum atomic E-state index is -0.0236. The van der Waals surface area contributed by atoms with Crippen molar-refractivity contribution >= 4 is 78.0 Å². The number of nitrogens with zero attached hydrogens (tertiary/aromatic N) is 2. The second-order valence-corrected chi connectivity index (χ2v) is 27.0. The molecular formula is C63H73BN2S. The molecule has 7 aromatic rings. The number of rotatable bonds is 3. The summed E-state index contributed by atoms with van der Waals surface area (Å²) in [5.41, 5.74) is 22.9. The summed E-state index contributed by atoms with van der Waals surface area (Å²) in [6.45, 7) is 40.3. The summed E-state index contributed by atoms with van der Waals surface area (Å²) in [6, 6.07) is 44.0. The summed E-state index contributed by atoms with van der Waals surface area (Å²) in [7, 11) is 0. The molecule has 2 aliphatic heterocycles. The van der Waals surface area contributed by atoms with Crippen molar-refractivity contribution in [3.8, 4) is 11.1 Å². The fourth-order valence-electron chi connectivity index (χ4n) is 11.4. The highest BCUT2D eigenvalue weighted by atomic mass is 32.1. The predicted molar refractivity (Wildman–Crippen MR) is 296 cm³/mol. The van der Waals surface area contributed by atoms with E-state index in [9.17, 15) is 0 Å². The van der Waals surface area contributed by atoms with E-state index in [1.807, 2.05) is 11.3 Å². The van der Waals surface area contributed by atoms with Crippen LogP contribution in [0.15, 0.2) is 109 Å². The zero-order valence-corrected chi connectivity index (χ0v) is 44.5. The van der Waals surface area contributed by atoms with Crippen LogP contribution in [-0.4, -0.2) is 6.71 Å². The topological polar surface area (TPSA) is 6.48 Å². The van der Waals surface area contributed by atoms with E-state index in [4.69, 9.17) is 0 Å². The first kappa shape index (κ1) is 45.7. The highest BCUT2D eigenvalue weighted by Crippen LogP contribution is 2.53. The Morgan fingerprint density at radius 1 is 0.493 bits per heavy atom. The molecule has 0 amide bonds. The summed E-state index contributed by atoms with van der Waals surface area (Å²) in [5.74, 6) is 0. The van der Waals surface area contributed by atoms with Gasteiger partial charge in [0.25, 0.3) is 6.71 Å². The maximum absolute atomic E-state index is 2.71. The van der Waals surface area contributed by atoms with Gasteiger partial charge < -0.3 is 9.80 Å². The summed E-state index contributed by atoms with van der Waals surface area (Å²) >= 11 is 2.02. The number of benzene rings is 6. The van der Waals surface area contributed by atoms with Gasteiger partial charge in [0.2, 0.25) is 0 Å². The molecule has 1 aromatic heterocycles. The molecule has 0 fully saturated rings. The standard InChI is InChI=1S/C63H73BN2S/c1-38-32-52-55-53(33-38)66(50-28-24-42(60(8,9)10)34-45(50)39-18-20-40(21-19-39)58(2,3)4)56-46-35-43(61(11,12)13)25-29-54(46)67-57(56)64(55)49-36-47-48(63(16,17)31-30-62(47,14)15)37-51(49)65(52)44-26-22-41(23-27-44)59(5,6)7/h18-29,32-37H,30-31H2,1-17H3. The highest BCUT2D eigenvalue weighted by Gasteiger charge is 2.48. The molecule has 10 rings (SSSR count). The molecule has 3 aliphatic rings. The third-order valence-electron chi connectivity index (χ3n) is 15.8. The van der Waals surface area contributed by atoms with Crippen molar-refractivity contribution < 1.29 is 0 Å². The van der Waals surface area contributed by atoms with Crippen LogP contribution in [0.2, 0.25) is 0 Å². The largest absolute Gasteiger partial charge is 0.311 e. The van der Waals surface area contributed by atoms with Crippen LogP contribution >= 0.6 is 11.3 Å². The molecule has 0 bridgehead atoms. The molecule has 2 nitrogen and oxygen atoms in total. The van der Waals surface area contributed by atoms with E-state index in [-0.39, 0.29) is 39.2 Å². The quantitative estimate of drug-likeness (QED) is 0.163. The summed E-state index contributed by atoms with van der Waals surface area (Å²) in [4.78, 5) is 5.35. The van der Waals surface area contributed by atoms with Crippen LogP contribution < -0.4 is 25.5 Å². The van der Waals surface area contributed by atoms with Gasteiger partial charge in [0.1, 0.15) is 0 Å². The van der Waals surface area contributed by atoms with Gasteiger partial charge in [0.05, 0.1) is 11.4 Å². The summed E-state index contributed by atoms with van der Waals surface area (Å²) < 4.78 is 2.78. The normalized spacial score (nSPS) is 16.5. The smallest absolute Gasteiger partial charge is 0.264 e. The van der Waals surface area contributed by atoms with Crippen LogP contribution in [-0.2, 0) is 32.5 Å². The Bertz CT molecular complexity index is 3110. The van der Waals surface area contributed by atoms with Crippen LogP contribution in [0.4, 0.5) is 34.1 Å². The number of hydrogen-bond donors (Lipinski definition) is 0. The van der Waals surface area contributed by atoms with E-state index >= 15 is 0 Å². The molecule has 0 saturated heterocycles. The van der Waals surface area contributed by atoms with Gasteiger partial charge in [-0.05, 0) is 162 Å². The highest BCUT2D eigenvalue weighted by molar-refractivity contribution is 7.33. The predicted octanol–water partition coefficient (Wildman–Crippen LogP) is 16.5. The fourth-order valence-corrected chi connectivity index (χ4v) is 12.7. The molecule has 67 heavy (non-hydrogen) atoms. The Morgan fingerprint density at radius 3 is 1.55 bits per heavy atom. The molecular weight excluding hydrogens is 828 g/mol. The average Bonchev–Trinajstić information content (AvgIpc) is 3.62. The van der Waals surface area contributed by atoms with Crippen molar-refractivity contribution in [3.05, 3.63) is 148 Å². The number of anilines is 6. The lowest BCUT2D eigenvalue weighted by molar-refractivity contribution is 0.332. The Labute approximate surface area is 407 Å². The zero-order chi connectivity index (χ0) is 48.1. The van der Waals surface area contributed by atoms with Crippen LogP contribution in [0.25, 0.3) is 21.2 Å². The lowest BCUT2D eigenvalue weighted by Gasteiger charge is -2.47. The second kappa shape index (κ2) is 15.0. The number of fused-ring (bicyclic) bond motifs is 7. The lowest BCUT2D eigenvalue weighted by atomic mass is 9.35. The molecule has 3 heterocycles. The van der Waals surface area contributed by atoms with E-state index < -0.39 is 0 Å². The van der Waals surface area contributed by atoms with E-state index in [1.54, 1.807) is 0 Å². The monoisotopic (exact) mass is 901 g/mol. The first-order chi connectivity index (χ1) is 31.1. The number of thiophene rings is 1. The van der Waals surface area contributed by atoms with E-state index in [1.165, 1.54) is 123 Å². The Balaban J connectivity index is 1.34. The van der Waals surface area contributed by atoms with Crippen molar-refractivity contribution in [2.45, 2.75) is 163 Å². The van der Waals surface area contributed by atoms with Crippen molar-refractivity contribution in [3.63, 3.8) is 0 Å². The molecule has 0 N–H and O–H groups in total. The average molecular weight is 901 g/mol. The zero-order valence-electron chi connectivity index (χ0n) is 43.7. The van der Waals surface area contributed by atoms with Crippen LogP contribution in [0.5, 0.6) is 0 Å². The number of aryl methyl sites for hydroxylation is 1. The minimum Gasteiger partial charge on any atom is -0.311 e. The van der Waals surface area contributed by atoms with Crippen molar-refractivity contribution in [2.75, 3.05) is 9.80 Å². The molecule has 4 heteroatoms. The van der Waals surface area contributed by atoms with Gasteiger partial charge >= 0.3 is 0 Å². The molecule has 344 valence electrons. The lowest BCUT2D eigenvalue weighted by Crippen LogP contribution is -2.61. The Kier molecular flexibility index (Phi) is 10.2. The van der Waals surface area contributed by atoms with Gasteiger partial charge in [-0.3, -0.25) is 0 Å². The third-order valence-corrected chi connectivity index (χ3v) is 17.0. The van der Waals surface area contributed by atoms with Crippen molar-refractivity contribution in [2.24, 2.45) is 0 Å². The van der Waals surface area contributed by atoms with Crippen LogP contribution in [0.1, 0.15) is 163 Å². The van der Waals surface area contributed by atoms with Crippen LogP contribution in [0.3, 0.4) is 0 Å². The minimum absolute atomic E-state index is 0.00355. The SMILES string of the molecule is Cc1cc2c3c(c1)N(c1ccc(C(C)(C)C)cc1-c1ccc(C(C)(C)C)cc1)c1c(sc4ccc(C(C)(C)C)cc14)B3c1cc3c(cc1N2c1ccc(C(C)(C)C)cc1)C(C)(C)CCC3(C)C. The fraction of sp³-hybridized carbons (Fsp3) is 0.397. The summed E-state index contributed by atoms with van der Waals surface area (Å²) in [6.07, 6.45) is 2.35. The van der Waals surface area contributed by atoms with Gasteiger partial charge in [-0.2, -0.15) is 0 Å². The van der Waals surface area contributed by atoms with E-state index in [2.05, 4.69) is 237 Å². The van der Waals surface area contributed by atoms with Crippen LogP contribution in [0, 0.1) is 6.92 Å². The van der Waals surface area contributed by atoms with E-state index in [0.717, 1.165) is 0 Å². The third kappa shape index (κ3) is 7.51. The number of hydrogen-bond acceptors (Lipinski definition) is 3. The molecule has 0 atom stereocenters.